The van der Waals surface area contributed by atoms with Crippen molar-refractivity contribution in [3.05, 3.63) is 52.6 Å². The van der Waals surface area contributed by atoms with E-state index in [1.165, 1.54) is 0 Å². The van der Waals surface area contributed by atoms with Crippen LogP contribution in [0.3, 0.4) is 0 Å². The van der Waals surface area contributed by atoms with E-state index in [0.717, 1.165) is 31.6 Å². The molecule has 0 saturated carbocycles. The highest BCUT2D eigenvalue weighted by Gasteiger charge is 2.34. The lowest BCUT2D eigenvalue weighted by atomic mass is 9.89. The van der Waals surface area contributed by atoms with Gasteiger partial charge in [0.2, 0.25) is 5.78 Å². The number of benzene rings is 1. The Labute approximate surface area is 129 Å². The molecule has 0 atom stereocenters. The van der Waals surface area contributed by atoms with Gasteiger partial charge in [-0.05, 0) is 6.42 Å². The van der Waals surface area contributed by atoms with Gasteiger partial charge in [-0.2, -0.15) is 0 Å². The molecule has 0 bridgehead atoms. The van der Waals surface area contributed by atoms with Gasteiger partial charge in [-0.3, -0.25) is 4.79 Å². The molecule has 0 unspecified atom stereocenters. The topological polar surface area (TPSA) is 67.5 Å². The summed E-state index contributed by atoms with van der Waals surface area (Å²) in [6.07, 6.45) is 2.76. The van der Waals surface area contributed by atoms with E-state index in [4.69, 9.17) is 0 Å². The summed E-state index contributed by atoms with van der Waals surface area (Å²) in [5, 5.41) is 12.9. The van der Waals surface area contributed by atoms with Crippen molar-refractivity contribution in [3.63, 3.8) is 0 Å². The Morgan fingerprint density at radius 2 is 1.95 bits per heavy atom. The molecule has 114 valence electrons. The summed E-state index contributed by atoms with van der Waals surface area (Å²) in [5.41, 5.74) is 2.65. The molecule has 1 aromatic carbocycles. The van der Waals surface area contributed by atoms with Crippen molar-refractivity contribution in [1.82, 2.24) is 9.55 Å². The molecule has 1 N–H and O–H groups in total. The van der Waals surface area contributed by atoms with Crippen LogP contribution in [0.15, 0.2) is 29.4 Å². The zero-order chi connectivity index (χ0) is 15.7. The molecule has 1 aliphatic rings. The van der Waals surface area contributed by atoms with Crippen LogP contribution in [0.5, 0.6) is 0 Å². The van der Waals surface area contributed by atoms with Crippen LogP contribution in [-0.2, 0) is 13.0 Å². The Kier molecular flexibility index (Phi) is 3.79. The molecule has 0 amide bonds. The van der Waals surface area contributed by atoms with Crippen LogP contribution in [0.4, 0.5) is 0 Å². The van der Waals surface area contributed by atoms with E-state index in [1.807, 2.05) is 23.6 Å². The van der Waals surface area contributed by atoms with Gasteiger partial charge in [0.25, 0.3) is 0 Å². The summed E-state index contributed by atoms with van der Waals surface area (Å²) in [6, 6.07) is 7.22. The van der Waals surface area contributed by atoms with Gasteiger partial charge in [0.15, 0.2) is 0 Å². The fraction of sp³-hybridized carbons (Fsp3) is 0.353. The van der Waals surface area contributed by atoms with Crippen molar-refractivity contribution in [2.45, 2.75) is 39.7 Å². The van der Waals surface area contributed by atoms with E-state index in [-0.39, 0.29) is 5.78 Å². The summed E-state index contributed by atoms with van der Waals surface area (Å²) >= 11 is 0. The fourth-order valence-electron chi connectivity index (χ4n) is 2.97. The highest BCUT2D eigenvalue weighted by Crippen LogP contribution is 2.28. The third kappa shape index (κ3) is 2.04. The Balaban J connectivity index is 2.24. The lowest BCUT2D eigenvalue weighted by Crippen LogP contribution is -2.24. The monoisotopic (exact) mass is 297 g/mol. The van der Waals surface area contributed by atoms with Gasteiger partial charge >= 0.3 is 0 Å². The van der Waals surface area contributed by atoms with E-state index in [0.29, 0.717) is 28.2 Å². The molecule has 3 rings (SSSR count). The maximum Gasteiger partial charge on any atom is 0.212 e. The Bertz CT molecular complexity index is 759. The first-order valence-corrected chi connectivity index (χ1v) is 7.68. The maximum atomic E-state index is 12.9. The number of oxime groups is 1. The zero-order valence-electron chi connectivity index (χ0n) is 12.8. The average Bonchev–Trinajstić information content (AvgIpc) is 2.92. The summed E-state index contributed by atoms with van der Waals surface area (Å²) in [6.45, 7) is 4.89. The third-order valence-corrected chi connectivity index (χ3v) is 4.06. The summed E-state index contributed by atoms with van der Waals surface area (Å²) in [7, 11) is 0. The van der Waals surface area contributed by atoms with Gasteiger partial charge in [0.05, 0.1) is 0 Å². The number of hydrogen-bond acceptors (Lipinski definition) is 4. The second-order valence-corrected chi connectivity index (χ2v) is 5.41. The van der Waals surface area contributed by atoms with E-state index in [9.17, 15) is 10.0 Å². The van der Waals surface area contributed by atoms with Gasteiger partial charge in [-0.25, -0.2) is 4.98 Å². The summed E-state index contributed by atoms with van der Waals surface area (Å²) in [5.74, 6) is 0.821. The summed E-state index contributed by atoms with van der Waals surface area (Å²) in [4.78, 5) is 17.5. The number of aryl methyl sites for hydroxylation is 1. The molecule has 2 aromatic rings. The first-order valence-electron chi connectivity index (χ1n) is 7.68. The minimum absolute atomic E-state index is 0.0405. The van der Waals surface area contributed by atoms with Crippen LogP contribution in [0.25, 0.3) is 0 Å². The first-order chi connectivity index (χ1) is 10.7. The van der Waals surface area contributed by atoms with Gasteiger partial charge < -0.3 is 9.77 Å². The Morgan fingerprint density at radius 1 is 1.23 bits per heavy atom. The predicted octanol–water partition coefficient (Wildman–Crippen LogP) is 3.02. The molecule has 0 radical (unpaired) electrons. The Hall–Kier alpha value is -2.43. The standard InChI is InChI=1S/C17H19N3O2/c1-3-5-10-20-13(4-2)18-15-14(19-22)11-8-6-7-9-12(11)17(21)16(15)20/h6-9,22H,3-5,10H2,1-2H3. The number of carbonyl (C=O) groups is 1. The average molecular weight is 297 g/mol. The molecule has 22 heavy (non-hydrogen) atoms. The SMILES string of the molecule is CCCCn1c(CC)nc2c1C(=O)c1ccccc1C2=NO. The van der Waals surface area contributed by atoms with Gasteiger partial charge in [0, 0.05) is 24.1 Å². The third-order valence-electron chi connectivity index (χ3n) is 4.06. The molecule has 1 aliphatic carbocycles. The molecule has 0 aliphatic heterocycles. The van der Waals surface area contributed by atoms with Crippen molar-refractivity contribution >= 4 is 11.5 Å². The molecular weight excluding hydrogens is 278 g/mol. The number of hydrogen-bond donors (Lipinski definition) is 1. The van der Waals surface area contributed by atoms with Crippen molar-refractivity contribution in [2.75, 3.05) is 0 Å². The second kappa shape index (κ2) is 5.75. The van der Waals surface area contributed by atoms with Crippen LogP contribution in [0.2, 0.25) is 0 Å². The van der Waals surface area contributed by atoms with Gasteiger partial charge in [-0.1, -0.05) is 49.7 Å². The first kappa shape index (κ1) is 14.5. The van der Waals surface area contributed by atoms with E-state index < -0.39 is 0 Å². The normalized spacial score (nSPS) is 15.0. The number of carbonyl (C=O) groups excluding carboxylic acids is 1. The van der Waals surface area contributed by atoms with Crippen molar-refractivity contribution in [2.24, 2.45) is 5.16 Å². The number of ketones is 1. The zero-order valence-corrected chi connectivity index (χ0v) is 12.8. The van der Waals surface area contributed by atoms with Gasteiger partial charge in [-0.15, -0.1) is 0 Å². The minimum Gasteiger partial charge on any atom is -0.410 e. The lowest BCUT2D eigenvalue weighted by Gasteiger charge is -2.17. The van der Waals surface area contributed by atoms with Crippen LogP contribution in [-0.4, -0.2) is 26.3 Å². The number of rotatable bonds is 4. The summed E-state index contributed by atoms with van der Waals surface area (Å²) < 4.78 is 1.99. The molecule has 0 fully saturated rings. The maximum absolute atomic E-state index is 12.9. The van der Waals surface area contributed by atoms with Crippen LogP contribution in [0, 0.1) is 0 Å². The van der Waals surface area contributed by atoms with Crippen LogP contribution >= 0.6 is 0 Å². The van der Waals surface area contributed by atoms with Crippen LogP contribution in [0.1, 0.15) is 59.8 Å². The molecular formula is C17H19N3O2. The van der Waals surface area contributed by atoms with Gasteiger partial charge in [0.1, 0.15) is 22.9 Å². The second-order valence-electron chi connectivity index (χ2n) is 5.41. The number of aromatic nitrogens is 2. The lowest BCUT2D eigenvalue weighted by molar-refractivity contribution is 0.102. The minimum atomic E-state index is -0.0405. The van der Waals surface area contributed by atoms with Crippen molar-refractivity contribution < 1.29 is 10.0 Å². The fourth-order valence-corrected chi connectivity index (χ4v) is 2.97. The van der Waals surface area contributed by atoms with Crippen LogP contribution < -0.4 is 0 Å². The predicted molar refractivity (Wildman–Crippen MR) is 83.8 cm³/mol. The number of fused-ring (bicyclic) bond motifs is 2. The molecule has 1 aromatic heterocycles. The van der Waals surface area contributed by atoms with E-state index >= 15 is 0 Å². The van der Waals surface area contributed by atoms with E-state index in [2.05, 4.69) is 17.1 Å². The number of unbranched alkanes of at least 4 members (excludes halogenated alkanes) is 1. The molecule has 5 heteroatoms. The largest absolute Gasteiger partial charge is 0.410 e. The molecule has 0 spiro atoms. The smallest absolute Gasteiger partial charge is 0.212 e. The highest BCUT2D eigenvalue weighted by molar-refractivity contribution is 6.28. The Morgan fingerprint density at radius 3 is 2.59 bits per heavy atom. The molecule has 0 saturated heterocycles. The molecule has 5 nitrogen and oxygen atoms in total. The number of imidazole rings is 1. The van der Waals surface area contributed by atoms with E-state index in [1.54, 1.807) is 12.1 Å². The van der Waals surface area contributed by atoms with Crippen molar-refractivity contribution in [1.29, 1.82) is 0 Å². The highest BCUT2D eigenvalue weighted by atomic mass is 16.4. The quantitative estimate of drug-likeness (QED) is 0.594. The van der Waals surface area contributed by atoms with Crippen molar-refractivity contribution in [3.8, 4) is 0 Å². The number of nitrogens with zero attached hydrogens (tertiary/aromatic N) is 3. The molecule has 1 heterocycles.